The SMILES string of the molecule is C/C=C\C1=C(C(=O)OC(c2ccccc2)c2ccccc2)N2C(=O)[C@H](N)[C@@H]2SC1. The fourth-order valence-electron chi connectivity index (χ4n) is 3.61. The Morgan fingerprint density at radius 2 is 1.72 bits per heavy atom. The Morgan fingerprint density at radius 3 is 2.28 bits per heavy atom. The molecule has 0 unspecified atom stereocenters. The normalized spacial score (nSPS) is 21.3. The van der Waals surface area contributed by atoms with Gasteiger partial charge >= 0.3 is 5.97 Å². The number of nitrogens with two attached hydrogens (primary N) is 1. The predicted octanol–water partition coefficient (Wildman–Crippen LogP) is 3.39. The van der Waals surface area contributed by atoms with Crippen LogP contribution in [0.5, 0.6) is 0 Å². The summed E-state index contributed by atoms with van der Waals surface area (Å²) < 4.78 is 6.00. The molecular weight excluding hydrogens is 384 g/mol. The zero-order chi connectivity index (χ0) is 20.4. The summed E-state index contributed by atoms with van der Waals surface area (Å²) in [6.07, 6.45) is 3.15. The van der Waals surface area contributed by atoms with Gasteiger partial charge in [-0.15, -0.1) is 11.8 Å². The molecular formula is C23H22N2O3S. The number of β-lactam (4-membered cyclic amide) rings is 1. The molecule has 2 aromatic carbocycles. The van der Waals surface area contributed by atoms with Gasteiger partial charge in [-0.1, -0.05) is 72.8 Å². The van der Waals surface area contributed by atoms with Gasteiger partial charge in [-0.3, -0.25) is 9.69 Å². The smallest absolute Gasteiger partial charge is 0.356 e. The molecule has 1 saturated heterocycles. The highest BCUT2D eigenvalue weighted by Gasteiger charge is 2.52. The molecule has 1 fully saturated rings. The minimum atomic E-state index is -0.575. The summed E-state index contributed by atoms with van der Waals surface area (Å²) in [7, 11) is 0. The number of nitrogens with zero attached hydrogens (tertiary/aromatic N) is 1. The topological polar surface area (TPSA) is 72.6 Å². The number of hydrogen-bond acceptors (Lipinski definition) is 5. The van der Waals surface area contributed by atoms with Crippen LogP contribution < -0.4 is 5.73 Å². The van der Waals surface area contributed by atoms with Gasteiger partial charge in [0.15, 0.2) is 6.10 Å². The monoisotopic (exact) mass is 406 g/mol. The first-order chi connectivity index (χ1) is 14.1. The zero-order valence-electron chi connectivity index (χ0n) is 16.0. The van der Waals surface area contributed by atoms with E-state index in [0.29, 0.717) is 11.4 Å². The summed E-state index contributed by atoms with van der Waals surface area (Å²) in [5.41, 5.74) is 8.75. The molecule has 0 saturated carbocycles. The van der Waals surface area contributed by atoms with Crippen molar-refractivity contribution in [3.63, 3.8) is 0 Å². The van der Waals surface area contributed by atoms with Crippen molar-refractivity contribution in [3.8, 4) is 0 Å². The Kier molecular flexibility index (Phi) is 5.56. The number of rotatable bonds is 5. The molecule has 2 atom stereocenters. The fourth-order valence-corrected chi connectivity index (χ4v) is 4.87. The minimum absolute atomic E-state index is 0.217. The van der Waals surface area contributed by atoms with Gasteiger partial charge in [0.2, 0.25) is 5.91 Å². The molecule has 0 bridgehead atoms. The van der Waals surface area contributed by atoms with Crippen LogP contribution in [0.2, 0.25) is 0 Å². The van der Waals surface area contributed by atoms with Crippen molar-refractivity contribution < 1.29 is 14.3 Å². The second kappa shape index (κ2) is 8.27. The summed E-state index contributed by atoms with van der Waals surface area (Å²) in [5, 5.41) is -0.217. The third-order valence-electron chi connectivity index (χ3n) is 5.03. The summed E-state index contributed by atoms with van der Waals surface area (Å²) in [6, 6.07) is 18.6. The molecule has 2 N–H and O–H groups in total. The number of thioether (sulfide) groups is 1. The third kappa shape index (κ3) is 3.61. The van der Waals surface area contributed by atoms with E-state index in [9.17, 15) is 9.59 Å². The first-order valence-corrected chi connectivity index (χ1v) is 10.5. The molecule has 0 aromatic heterocycles. The second-order valence-corrected chi connectivity index (χ2v) is 8.02. The van der Waals surface area contributed by atoms with Crippen LogP contribution in [0.4, 0.5) is 0 Å². The highest BCUT2D eigenvalue weighted by Crippen LogP contribution is 2.41. The van der Waals surface area contributed by atoms with Crippen LogP contribution in [0, 0.1) is 0 Å². The molecule has 6 heteroatoms. The van der Waals surface area contributed by atoms with Gasteiger partial charge in [0.05, 0.1) is 0 Å². The molecule has 5 nitrogen and oxygen atoms in total. The molecule has 148 valence electrons. The quantitative estimate of drug-likeness (QED) is 0.609. The van der Waals surface area contributed by atoms with Crippen molar-refractivity contribution in [2.24, 2.45) is 5.73 Å². The summed E-state index contributed by atoms with van der Waals surface area (Å²) in [5.74, 6) is -0.147. The van der Waals surface area contributed by atoms with E-state index in [0.717, 1.165) is 16.7 Å². The van der Waals surface area contributed by atoms with E-state index in [1.165, 1.54) is 4.90 Å². The maximum Gasteiger partial charge on any atom is 0.356 e. The average molecular weight is 407 g/mol. The molecule has 2 aliphatic rings. The van der Waals surface area contributed by atoms with Crippen molar-refractivity contribution in [2.45, 2.75) is 24.4 Å². The molecule has 0 spiro atoms. The Bertz CT molecular complexity index is 933. The van der Waals surface area contributed by atoms with Crippen LogP contribution in [-0.2, 0) is 14.3 Å². The van der Waals surface area contributed by atoms with Gasteiger partial charge in [-0.05, 0) is 23.6 Å². The van der Waals surface area contributed by atoms with Crippen LogP contribution in [-0.4, -0.2) is 33.9 Å². The number of allylic oxidation sites excluding steroid dienone is 2. The standard InChI is InChI=1S/C23H22N2O3S/c1-2-9-17-14-29-22-18(24)21(26)25(22)19(17)23(27)28-20(15-10-5-3-6-11-15)16-12-7-4-8-13-16/h2-13,18,20,22H,14,24H2,1H3/b9-2-/t18-,22-/m0/s1. The third-order valence-corrected chi connectivity index (χ3v) is 6.35. The number of fused-ring (bicyclic) bond motifs is 1. The molecule has 2 aliphatic heterocycles. The number of esters is 1. The van der Waals surface area contributed by atoms with Crippen molar-refractivity contribution in [1.29, 1.82) is 0 Å². The lowest BCUT2D eigenvalue weighted by molar-refractivity contribution is -0.153. The van der Waals surface area contributed by atoms with Gasteiger partial charge in [0.1, 0.15) is 17.1 Å². The van der Waals surface area contributed by atoms with Crippen LogP contribution >= 0.6 is 11.8 Å². The lowest BCUT2D eigenvalue weighted by Crippen LogP contribution is -2.68. The second-order valence-electron chi connectivity index (χ2n) is 6.92. The highest BCUT2D eigenvalue weighted by atomic mass is 32.2. The number of hydrogen-bond donors (Lipinski definition) is 1. The van der Waals surface area contributed by atoms with Gasteiger partial charge in [0.25, 0.3) is 0 Å². The van der Waals surface area contributed by atoms with Crippen LogP contribution in [0.1, 0.15) is 24.2 Å². The fraction of sp³-hybridized carbons (Fsp3) is 0.217. The van der Waals surface area contributed by atoms with Gasteiger partial charge in [-0.25, -0.2) is 4.79 Å². The van der Waals surface area contributed by atoms with Crippen molar-refractivity contribution in [2.75, 3.05) is 5.75 Å². The predicted molar refractivity (Wildman–Crippen MR) is 114 cm³/mol. The number of carbonyl (C=O) groups excluding carboxylic acids is 2. The van der Waals surface area contributed by atoms with E-state index in [1.807, 2.05) is 79.7 Å². The molecule has 1 amide bonds. The number of ether oxygens (including phenoxy) is 1. The molecule has 0 radical (unpaired) electrons. The Morgan fingerprint density at radius 1 is 1.14 bits per heavy atom. The van der Waals surface area contributed by atoms with E-state index in [4.69, 9.17) is 10.5 Å². The molecule has 0 aliphatic carbocycles. The van der Waals surface area contributed by atoms with E-state index in [2.05, 4.69) is 0 Å². The lowest BCUT2D eigenvalue weighted by atomic mass is 10.0. The van der Waals surface area contributed by atoms with Crippen LogP contribution in [0.15, 0.2) is 84.1 Å². The first kappa shape index (κ1) is 19.5. The van der Waals surface area contributed by atoms with Crippen molar-refractivity contribution in [1.82, 2.24) is 4.90 Å². The first-order valence-electron chi connectivity index (χ1n) is 9.48. The van der Waals surface area contributed by atoms with E-state index in [-0.39, 0.29) is 11.3 Å². The van der Waals surface area contributed by atoms with E-state index in [1.54, 1.807) is 11.8 Å². The number of carbonyl (C=O) groups is 2. The van der Waals surface area contributed by atoms with E-state index < -0.39 is 18.1 Å². The lowest BCUT2D eigenvalue weighted by Gasteiger charge is -2.48. The highest BCUT2D eigenvalue weighted by molar-refractivity contribution is 8.00. The van der Waals surface area contributed by atoms with Crippen LogP contribution in [0.25, 0.3) is 0 Å². The average Bonchev–Trinajstić information content (AvgIpc) is 2.77. The summed E-state index contributed by atoms with van der Waals surface area (Å²) in [6.45, 7) is 1.88. The summed E-state index contributed by atoms with van der Waals surface area (Å²) in [4.78, 5) is 27.2. The van der Waals surface area contributed by atoms with Gasteiger partial charge < -0.3 is 10.5 Å². The zero-order valence-corrected chi connectivity index (χ0v) is 16.8. The minimum Gasteiger partial charge on any atom is -0.448 e. The molecule has 29 heavy (non-hydrogen) atoms. The number of benzene rings is 2. The molecule has 4 rings (SSSR count). The maximum atomic E-state index is 13.3. The van der Waals surface area contributed by atoms with Gasteiger partial charge in [-0.2, -0.15) is 0 Å². The largest absolute Gasteiger partial charge is 0.448 e. The number of amides is 1. The van der Waals surface area contributed by atoms with E-state index >= 15 is 0 Å². The van der Waals surface area contributed by atoms with Gasteiger partial charge in [0, 0.05) is 5.75 Å². The molecule has 2 heterocycles. The molecule has 2 aromatic rings. The Hall–Kier alpha value is -2.83. The van der Waals surface area contributed by atoms with Crippen LogP contribution in [0.3, 0.4) is 0 Å². The van der Waals surface area contributed by atoms with Crippen molar-refractivity contribution >= 4 is 23.6 Å². The Labute approximate surface area is 174 Å². The maximum absolute atomic E-state index is 13.3. The van der Waals surface area contributed by atoms with Crippen molar-refractivity contribution in [3.05, 3.63) is 95.2 Å². The Balaban J connectivity index is 1.70. The summed E-state index contributed by atoms with van der Waals surface area (Å²) >= 11 is 1.57.